The molecule has 3 rings (SSSR count). The number of primary amides is 1. The first-order valence-corrected chi connectivity index (χ1v) is 8.72. The first-order valence-electron chi connectivity index (χ1n) is 7.23. The van der Waals surface area contributed by atoms with Crippen LogP contribution in [0, 0.1) is 0 Å². The second kappa shape index (κ2) is 6.50. The van der Waals surface area contributed by atoms with E-state index in [0.717, 1.165) is 0 Å². The van der Waals surface area contributed by atoms with Gasteiger partial charge in [0.15, 0.2) is 11.5 Å². The molecule has 2 aromatic carbocycles. The lowest BCUT2D eigenvalue weighted by atomic mass is 10.1. The van der Waals surface area contributed by atoms with E-state index in [1.54, 1.807) is 30.3 Å². The van der Waals surface area contributed by atoms with E-state index < -0.39 is 22.0 Å². The van der Waals surface area contributed by atoms with Crippen molar-refractivity contribution in [3.05, 3.63) is 54.1 Å². The number of benzene rings is 2. The van der Waals surface area contributed by atoms with Crippen molar-refractivity contribution >= 4 is 15.9 Å². The summed E-state index contributed by atoms with van der Waals surface area (Å²) in [5.41, 5.74) is 5.82. The van der Waals surface area contributed by atoms with E-state index in [2.05, 4.69) is 4.72 Å². The van der Waals surface area contributed by atoms with Crippen LogP contribution >= 0.6 is 0 Å². The number of rotatable bonds is 5. The van der Waals surface area contributed by atoms with Crippen LogP contribution in [0.1, 0.15) is 11.6 Å². The Hall–Kier alpha value is -2.58. The quantitative estimate of drug-likeness (QED) is 0.837. The van der Waals surface area contributed by atoms with Crippen LogP contribution in [0.15, 0.2) is 53.4 Å². The number of hydrogen-bond donors (Lipinski definition) is 2. The number of nitrogens with one attached hydrogen (secondary N) is 1. The molecule has 0 saturated carbocycles. The van der Waals surface area contributed by atoms with E-state index in [-0.39, 0.29) is 4.90 Å². The molecular formula is C16H16N2O5S. The van der Waals surface area contributed by atoms with Crippen molar-refractivity contribution in [2.75, 3.05) is 13.2 Å². The molecule has 1 aliphatic rings. The Bertz CT molecular complexity index is 852. The predicted octanol–water partition coefficient (Wildman–Crippen LogP) is 0.963. The van der Waals surface area contributed by atoms with Crippen LogP contribution < -0.4 is 19.9 Å². The van der Waals surface area contributed by atoms with Crippen molar-refractivity contribution in [1.29, 1.82) is 0 Å². The minimum absolute atomic E-state index is 0.0334. The molecule has 1 atom stereocenters. The van der Waals surface area contributed by atoms with Gasteiger partial charge >= 0.3 is 0 Å². The summed E-state index contributed by atoms with van der Waals surface area (Å²) < 4.78 is 38.3. The van der Waals surface area contributed by atoms with Gasteiger partial charge in [-0.1, -0.05) is 30.3 Å². The lowest BCUT2D eigenvalue weighted by Gasteiger charge is -2.20. The molecule has 24 heavy (non-hydrogen) atoms. The van der Waals surface area contributed by atoms with Gasteiger partial charge in [-0.15, -0.1) is 0 Å². The van der Waals surface area contributed by atoms with E-state index in [4.69, 9.17) is 15.2 Å². The first kappa shape index (κ1) is 16.3. The van der Waals surface area contributed by atoms with E-state index in [9.17, 15) is 13.2 Å². The first-order chi connectivity index (χ1) is 11.5. The topological polar surface area (TPSA) is 108 Å². The molecule has 0 unspecified atom stereocenters. The number of carbonyl (C=O) groups is 1. The number of hydrogen-bond acceptors (Lipinski definition) is 5. The molecule has 0 fully saturated rings. The maximum atomic E-state index is 12.6. The lowest BCUT2D eigenvalue weighted by molar-refractivity contribution is -0.119. The molecule has 0 spiro atoms. The van der Waals surface area contributed by atoms with Crippen molar-refractivity contribution in [1.82, 2.24) is 4.72 Å². The number of sulfonamides is 1. The summed E-state index contributed by atoms with van der Waals surface area (Å²) in [6.07, 6.45) is 0. The smallest absolute Gasteiger partial charge is 0.241 e. The number of nitrogens with two attached hydrogens (primary N) is 1. The summed E-state index contributed by atoms with van der Waals surface area (Å²) in [6, 6.07) is 11.5. The maximum absolute atomic E-state index is 12.6. The summed E-state index contributed by atoms with van der Waals surface area (Å²) in [5, 5.41) is 0. The second-order valence-corrected chi connectivity index (χ2v) is 6.89. The van der Waals surface area contributed by atoms with Crippen LogP contribution in [-0.4, -0.2) is 27.5 Å². The van der Waals surface area contributed by atoms with Crippen molar-refractivity contribution in [2.45, 2.75) is 10.9 Å². The molecule has 0 radical (unpaired) electrons. The minimum Gasteiger partial charge on any atom is -0.486 e. The SMILES string of the molecule is NC(=O)[C@@H](NS(=O)(=O)c1ccc2c(c1)OCCO2)c1ccccc1. The molecule has 0 aromatic heterocycles. The number of carbonyl (C=O) groups excluding carboxylic acids is 1. The molecule has 0 bridgehead atoms. The Labute approximate surface area is 139 Å². The van der Waals surface area contributed by atoms with Crippen LogP contribution in [0.4, 0.5) is 0 Å². The van der Waals surface area contributed by atoms with Gasteiger partial charge in [-0.05, 0) is 17.7 Å². The monoisotopic (exact) mass is 348 g/mol. The van der Waals surface area contributed by atoms with Crippen molar-refractivity contribution in [3.63, 3.8) is 0 Å². The Morgan fingerprint density at radius 1 is 1.04 bits per heavy atom. The number of fused-ring (bicyclic) bond motifs is 1. The molecule has 2 aromatic rings. The van der Waals surface area contributed by atoms with Crippen LogP contribution in [0.5, 0.6) is 11.5 Å². The van der Waals surface area contributed by atoms with Gasteiger partial charge in [0, 0.05) is 6.07 Å². The van der Waals surface area contributed by atoms with Gasteiger partial charge in [0.05, 0.1) is 4.90 Å². The van der Waals surface area contributed by atoms with Crippen molar-refractivity contribution in [2.24, 2.45) is 5.73 Å². The molecule has 1 heterocycles. The van der Waals surface area contributed by atoms with E-state index in [1.165, 1.54) is 18.2 Å². The molecule has 1 aliphatic heterocycles. The zero-order chi connectivity index (χ0) is 17.2. The van der Waals surface area contributed by atoms with Crippen LogP contribution in [0.25, 0.3) is 0 Å². The zero-order valence-corrected chi connectivity index (χ0v) is 13.5. The Balaban J connectivity index is 1.91. The largest absolute Gasteiger partial charge is 0.486 e. The minimum atomic E-state index is -3.97. The predicted molar refractivity (Wildman–Crippen MR) is 86.1 cm³/mol. The lowest BCUT2D eigenvalue weighted by Crippen LogP contribution is -2.37. The van der Waals surface area contributed by atoms with Gasteiger partial charge in [0.1, 0.15) is 19.3 Å². The molecule has 0 saturated heterocycles. The summed E-state index contributed by atoms with van der Waals surface area (Å²) in [6.45, 7) is 0.757. The van der Waals surface area contributed by atoms with Gasteiger partial charge in [0.25, 0.3) is 0 Å². The maximum Gasteiger partial charge on any atom is 0.241 e. The summed E-state index contributed by atoms with van der Waals surface area (Å²) in [5.74, 6) is 0.0384. The van der Waals surface area contributed by atoms with Gasteiger partial charge in [-0.25, -0.2) is 8.42 Å². The third-order valence-corrected chi connectivity index (χ3v) is 4.93. The molecule has 7 nitrogen and oxygen atoms in total. The van der Waals surface area contributed by atoms with E-state index >= 15 is 0 Å². The molecule has 126 valence electrons. The zero-order valence-electron chi connectivity index (χ0n) is 12.6. The molecule has 3 N–H and O–H groups in total. The standard InChI is InChI=1S/C16H16N2O5S/c17-16(19)15(11-4-2-1-3-5-11)18-24(20,21)12-6-7-13-14(10-12)23-9-8-22-13/h1-7,10,15,18H,8-9H2,(H2,17,19)/t15-/m0/s1. The molecule has 1 amide bonds. The highest BCUT2D eigenvalue weighted by Gasteiger charge is 2.26. The highest BCUT2D eigenvalue weighted by Crippen LogP contribution is 2.32. The average Bonchev–Trinajstić information content (AvgIpc) is 2.60. The molecule has 0 aliphatic carbocycles. The van der Waals surface area contributed by atoms with Crippen LogP contribution in [0.2, 0.25) is 0 Å². The summed E-state index contributed by atoms with van der Waals surface area (Å²) >= 11 is 0. The van der Waals surface area contributed by atoms with Crippen molar-refractivity contribution < 1.29 is 22.7 Å². The fraction of sp³-hybridized carbons (Fsp3) is 0.188. The second-order valence-electron chi connectivity index (χ2n) is 5.17. The third kappa shape index (κ3) is 3.34. The highest BCUT2D eigenvalue weighted by molar-refractivity contribution is 7.89. The van der Waals surface area contributed by atoms with Gasteiger partial charge in [-0.2, -0.15) is 4.72 Å². The fourth-order valence-electron chi connectivity index (χ4n) is 2.35. The van der Waals surface area contributed by atoms with E-state index in [0.29, 0.717) is 30.3 Å². The average molecular weight is 348 g/mol. The Morgan fingerprint density at radius 3 is 2.38 bits per heavy atom. The summed E-state index contributed by atoms with van der Waals surface area (Å²) in [4.78, 5) is 11.7. The van der Waals surface area contributed by atoms with Crippen LogP contribution in [-0.2, 0) is 14.8 Å². The van der Waals surface area contributed by atoms with Gasteiger partial charge < -0.3 is 15.2 Å². The Kier molecular flexibility index (Phi) is 4.41. The van der Waals surface area contributed by atoms with Gasteiger partial charge in [0.2, 0.25) is 15.9 Å². The highest BCUT2D eigenvalue weighted by atomic mass is 32.2. The summed E-state index contributed by atoms with van der Waals surface area (Å²) in [7, 11) is -3.97. The molecular weight excluding hydrogens is 332 g/mol. The Morgan fingerprint density at radius 2 is 1.71 bits per heavy atom. The third-order valence-electron chi connectivity index (χ3n) is 3.51. The van der Waals surface area contributed by atoms with E-state index in [1.807, 2.05) is 0 Å². The number of ether oxygens (including phenoxy) is 2. The van der Waals surface area contributed by atoms with Crippen molar-refractivity contribution in [3.8, 4) is 11.5 Å². The normalized spacial score (nSPS) is 14.8. The fourth-order valence-corrected chi connectivity index (χ4v) is 3.56. The molecule has 8 heteroatoms. The van der Waals surface area contributed by atoms with Gasteiger partial charge in [-0.3, -0.25) is 4.79 Å². The number of amides is 1. The van der Waals surface area contributed by atoms with Crippen LogP contribution in [0.3, 0.4) is 0 Å².